The zero-order valence-corrected chi connectivity index (χ0v) is 19.0. The van der Waals surface area contributed by atoms with Crippen LogP contribution in [-0.4, -0.2) is 79.4 Å². The number of ether oxygens (including phenoxy) is 2. The second-order valence-electron chi connectivity index (χ2n) is 8.66. The van der Waals surface area contributed by atoms with E-state index in [4.69, 9.17) is 9.47 Å². The van der Waals surface area contributed by atoms with Crippen molar-refractivity contribution in [2.75, 3.05) is 45.9 Å². The number of rotatable bonds is 6. The van der Waals surface area contributed by atoms with Crippen LogP contribution in [0.25, 0.3) is 10.8 Å². The average molecular weight is 451 g/mol. The molecule has 0 saturated carbocycles. The van der Waals surface area contributed by atoms with E-state index in [0.717, 1.165) is 29.4 Å². The van der Waals surface area contributed by atoms with Gasteiger partial charge in [0.15, 0.2) is 6.10 Å². The third kappa shape index (κ3) is 5.44. The van der Waals surface area contributed by atoms with E-state index in [2.05, 4.69) is 16.3 Å². The molecule has 2 unspecified atom stereocenters. The number of carbonyl (C=O) groups is 2. The summed E-state index contributed by atoms with van der Waals surface area (Å²) in [6.07, 6.45) is -0.802. The number of benzene rings is 2. The molecule has 8 nitrogen and oxygen atoms in total. The lowest BCUT2D eigenvalue weighted by molar-refractivity contribution is -0.131. The molecule has 0 radical (unpaired) electrons. The maximum Gasteiger partial charge on any atom is 0.410 e. The molecule has 2 amide bonds. The highest BCUT2D eigenvalue weighted by Crippen LogP contribution is 2.22. The van der Waals surface area contributed by atoms with Crippen molar-refractivity contribution in [3.05, 3.63) is 48.0 Å². The topological polar surface area (TPSA) is 94.9 Å². The van der Waals surface area contributed by atoms with Crippen molar-refractivity contribution in [1.29, 1.82) is 5.26 Å². The first-order valence-corrected chi connectivity index (χ1v) is 11.5. The molecular formula is C25H30N4O4. The molecule has 2 aromatic carbocycles. The predicted octanol–water partition coefficient (Wildman–Crippen LogP) is 2.32. The number of hydrogen-bond acceptors (Lipinski definition) is 6. The molecule has 2 fully saturated rings. The van der Waals surface area contributed by atoms with E-state index in [-0.39, 0.29) is 6.42 Å². The zero-order chi connectivity index (χ0) is 23.3. The molecular weight excluding hydrogens is 420 g/mol. The highest BCUT2D eigenvalue weighted by atomic mass is 16.6. The van der Waals surface area contributed by atoms with Crippen LogP contribution < -0.4 is 5.32 Å². The largest absolute Gasteiger partial charge is 0.436 e. The number of hydrogen-bond donors (Lipinski definition) is 1. The van der Waals surface area contributed by atoms with Crippen LogP contribution in [0.4, 0.5) is 4.79 Å². The van der Waals surface area contributed by atoms with Gasteiger partial charge in [-0.1, -0.05) is 49.4 Å². The molecule has 8 heteroatoms. The summed E-state index contributed by atoms with van der Waals surface area (Å²) in [5.74, 6) is -0.440. The maximum atomic E-state index is 13.3. The highest BCUT2D eigenvalue weighted by Gasteiger charge is 2.41. The van der Waals surface area contributed by atoms with E-state index in [1.807, 2.05) is 49.4 Å². The Morgan fingerprint density at radius 3 is 2.64 bits per heavy atom. The summed E-state index contributed by atoms with van der Waals surface area (Å²) in [5, 5.41) is 14.9. The number of likely N-dealkylation sites (N-methyl/N-ethyl adjacent to an activating group) is 1. The number of nitrogens with zero attached hydrogens (tertiary/aromatic N) is 3. The van der Waals surface area contributed by atoms with Crippen molar-refractivity contribution in [2.24, 2.45) is 0 Å². The number of likely N-dealkylation sites (tertiary alicyclic amines) is 1. The first-order valence-electron chi connectivity index (χ1n) is 11.5. The molecule has 2 saturated heterocycles. The van der Waals surface area contributed by atoms with E-state index in [1.54, 1.807) is 4.90 Å². The number of fused-ring (bicyclic) bond motifs is 1. The molecule has 2 atom stereocenters. The van der Waals surface area contributed by atoms with Gasteiger partial charge < -0.3 is 24.6 Å². The Bertz CT molecular complexity index is 1050. The molecule has 0 aliphatic carbocycles. The molecule has 174 valence electrons. The van der Waals surface area contributed by atoms with Gasteiger partial charge in [-0.05, 0) is 29.3 Å². The number of amides is 2. The van der Waals surface area contributed by atoms with E-state index in [0.29, 0.717) is 39.3 Å². The molecule has 0 aromatic heterocycles. The third-order valence-electron chi connectivity index (χ3n) is 6.41. The first kappa shape index (κ1) is 23.0. The van der Waals surface area contributed by atoms with Gasteiger partial charge in [-0.3, -0.25) is 4.79 Å². The van der Waals surface area contributed by atoms with Crippen LogP contribution >= 0.6 is 0 Å². The van der Waals surface area contributed by atoms with Gasteiger partial charge >= 0.3 is 6.09 Å². The number of nitriles is 1. The molecule has 0 bridgehead atoms. The summed E-state index contributed by atoms with van der Waals surface area (Å²) in [5.41, 5.74) is -0.0867. The minimum atomic E-state index is -1.04. The Balaban J connectivity index is 1.53. The van der Waals surface area contributed by atoms with Gasteiger partial charge in [-0.25, -0.2) is 4.79 Å². The third-order valence-corrected chi connectivity index (χ3v) is 6.41. The molecule has 1 N–H and O–H groups in total. The normalized spacial score (nSPS) is 22.0. The first-order chi connectivity index (χ1) is 16.0. The van der Waals surface area contributed by atoms with Crippen LogP contribution in [0.5, 0.6) is 0 Å². The Labute approximate surface area is 194 Å². The van der Waals surface area contributed by atoms with Crippen LogP contribution in [0, 0.1) is 11.3 Å². The fraction of sp³-hybridized carbons (Fsp3) is 0.480. The van der Waals surface area contributed by atoms with Crippen molar-refractivity contribution >= 4 is 22.8 Å². The lowest BCUT2D eigenvalue weighted by Gasteiger charge is -2.30. The number of nitrogens with one attached hydrogen (secondary N) is 1. The van der Waals surface area contributed by atoms with E-state index >= 15 is 0 Å². The molecule has 33 heavy (non-hydrogen) atoms. The van der Waals surface area contributed by atoms with Crippen LogP contribution in [0.15, 0.2) is 42.5 Å². The van der Waals surface area contributed by atoms with Crippen molar-refractivity contribution < 1.29 is 19.1 Å². The summed E-state index contributed by atoms with van der Waals surface area (Å²) in [6, 6.07) is 16.2. The molecule has 2 aliphatic rings. The highest BCUT2D eigenvalue weighted by molar-refractivity contribution is 5.86. The average Bonchev–Trinajstić information content (AvgIpc) is 3.27. The Morgan fingerprint density at radius 2 is 1.94 bits per heavy atom. The second kappa shape index (κ2) is 10.2. The maximum absolute atomic E-state index is 13.3. The summed E-state index contributed by atoms with van der Waals surface area (Å²) in [6.45, 7) is 5.79. The smallest absolute Gasteiger partial charge is 0.410 e. The van der Waals surface area contributed by atoms with Crippen molar-refractivity contribution in [1.82, 2.24) is 15.1 Å². The van der Waals surface area contributed by atoms with Gasteiger partial charge in [0.1, 0.15) is 5.54 Å². The molecule has 0 spiro atoms. The van der Waals surface area contributed by atoms with Gasteiger partial charge in [0.2, 0.25) is 0 Å². The predicted molar refractivity (Wildman–Crippen MR) is 124 cm³/mol. The van der Waals surface area contributed by atoms with Gasteiger partial charge in [-0.2, -0.15) is 5.26 Å². The van der Waals surface area contributed by atoms with Gasteiger partial charge in [0.05, 0.1) is 19.3 Å². The second-order valence-corrected chi connectivity index (χ2v) is 8.66. The molecule has 4 rings (SSSR count). The van der Waals surface area contributed by atoms with Crippen LogP contribution in [-0.2, 0) is 20.7 Å². The summed E-state index contributed by atoms with van der Waals surface area (Å²) in [4.78, 5) is 29.8. The summed E-state index contributed by atoms with van der Waals surface area (Å²) >= 11 is 0. The molecule has 2 aliphatic heterocycles. The summed E-state index contributed by atoms with van der Waals surface area (Å²) < 4.78 is 11.0. The minimum absolute atomic E-state index is 0.228. The Morgan fingerprint density at radius 1 is 1.18 bits per heavy atom. The quantitative estimate of drug-likeness (QED) is 0.726. The number of carbonyl (C=O) groups excluding carboxylic acids is 2. The van der Waals surface area contributed by atoms with Gasteiger partial charge in [0.25, 0.3) is 5.91 Å². The van der Waals surface area contributed by atoms with Gasteiger partial charge in [-0.15, -0.1) is 0 Å². The Kier molecular flexibility index (Phi) is 7.11. The van der Waals surface area contributed by atoms with Crippen molar-refractivity contribution in [3.63, 3.8) is 0 Å². The number of morpholine rings is 1. The monoisotopic (exact) mass is 450 g/mol. The fourth-order valence-corrected chi connectivity index (χ4v) is 4.41. The van der Waals surface area contributed by atoms with Crippen molar-refractivity contribution in [2.45, 2.75) is 31.4 Å². The molecule has 2 heterocycles. The summed E-state index contributed by atoms with van der Waals surface area (Å²) in [7, 11) is 0. The van der Waals surface area contributed by atoms with E-state index < -0.39 is 23.6 Å². The fourth-order valence-electron chi connectivity index (χ4n) is 4.41. The minimum Gasteiger partial charge on any atom is -0.436 e. The van der Waals surface area contributed by atoms with E-state index in [9.17, 15) is 14.9 Å². The zero-order valence-electron chi connectivity index (χ0n) is 19.0. The van der Waals surface area contributed by atoms with Crippen LogP contribution in [0.3, 0.4) is 0 Å². The lowest BCUT2D eigenvalue weighted by atomic mass is 9.98. The lowest BCUT2D eigenvalue weighted by Crippen LogP contribution is -2.54. The van der Waals surface area contributed by atoms with E-state index in [1.165, 1.54) is 0 Å². The van der Waals surface area contributed by atoms with Gasteiger partial charge in [0, 0.05) is 32.6 Å². The standard InChI is InChI=1S/C25H30N4O4/c1-2-28-10-9-25(17-26,18-28)27-23(30)22(33-24(31)29-11-13-32-14-12-29)16-19-7-8-20-5-3-4-6-21(20)15-19/h3-8,15,22H,2,9-14,16,18H2,1H3,(H,27,30). The molecule has 2 aromatic rings. The van der Waals surface area contributed by atoms with Crippen LogP contribution in [0.1, 0.15) is 18.9 Å². The van der Waals surface area contributed by atoms with Crippen molar-refractivity contribution in [3.8, 4) is 6.07 Å². The SMILES string of the molecule is CCN1CCC(C#N)(NC(=O)C(Cc2ccc3ccccc3c2)OC(=O)N2CCOCC2)C1. The Hall–Kier alpha value is -3.15. The van der Waals surface area contributed by atoms with Crippen LogP contribution in [0.2, 0.25) is 0 Å².